The molecule has 0 saturated carbocycles. The van der Waals surface area contributed by atoms with Crippen molar-refractivity contribution in [1.82, 2.24) is 4.98 Å². The molecule has 0 spiro atoms. The Kier molecular flexibility index (Phi) is 5.24. The van der Waals surface area contributed by atoms with Gasteiger partial charge < -0.3 is 10.1 Å². The first-order valence-corrected chi connectivity index (χ1v) is 9.79. The van der Waals surface area contributed by atoms with Crippen molar-refractivity contribution < 1.29 is 14.3 Å². The Morgan fingerprint density at radius 2 is 2.04 bits per heavy atom. The third-order valence-corrected chi connectivity index (χ3v) is 5.96. The van der Waals surface area contributed by atoms with Crippen molar-refractivity contribution in [2.24, 2.45) is 0 Å². The summed E-state index contributed by atoms with van der Waals surface area (Å²) in [5, 5.41) is 7.99. The second-order valence-electron chi connectivity index (χ2n) is 6.10. The molecule has 0 unspecified atom stereocenters. The van der Waals surface area contributed by atoms with Crippen LogP contribution in [-0.4, -0.2) is 23.6 Å². The predicted octanol–water partition coefficient (Wildman–Crippen LogP) is 4.84. The lowest BCUT2D eigenvalue weighted by molar-refractivity contribution is -0.120. The maximum atomic E-state index is 12.7. The third-order valence-electron chi connectivity index (χ3n) is 3.84. The normalized spacial score (nSPS) is 11.3. The van der Waals surface area contributed by atoms with Gasteiger partial charge in [-0.15, -0.1) is 11.3 Å². The Hall–Kier alpha value is -2.45. The van der Waals surface area contributed by atoms with Crippen molar-refractivity contribution in [2.45, 2.75) is 26.2 Å². The van der Waals surface area contributed by atoms with E-state index in [9.17, 15) is 9.59 Å². The van der Waals surface area contributed by atoms with Crippen LogP contribution in [0.2, 0.25) is 0 Å². The van der Waals surface area contributed by atoms with E-state index in [0.29, 0.717) is 17.4 Å². The first-order chi connectivity index (χ1) is 12.4. The fourth-order valence-corrected chi connectivity index (χ4v) is 4.08. The SMILES string of the molecule is CCOC(=O)Nc1nc2ccc(NC(=O)C(C)(C)c3cccs3)cc2s1. The summed E-state index contributed by atoms with van der Waals surface area (Å²) in [6, 6.07) is 9.38. The number of nitrogens with zero attached hydrogens (tertiary/aromatic N) is 1. The highest BCUT2D eigenvalue weighted by molar-refractivity contribution is 7.22. The van der Waals surface area contributed by atoms with Gasteiger partial charge in [-0.05, 0) is 50.4 Å². The van der Waals surface area contributed by atoms with Crippen LogP contribution in [0.5, 0.6) is 0 Å². The molecule has 3 aromatic rings. The molecule has 6 nitrogen and oxygen atoms in total. The number of hydrogen-bond donors (Lipinski definition) is 2. The van der Waals surface area contributed by atoms with Crippen LogP contribution < -0.4 is 10.6 Å². The van der Waals surface area contributed by atoms with Crippen LogP contribution in [0, 0.1) is 0 Å². The lowest BCUT2D eigenvalue weighted by Crippen LogP contribution is -2.33. The zero-order valence-corrected chi connectivity index (χ0v) is 16.3. The largest absolute Gasteiger partial charge is 0.450 e. The Labute approximate surface area is 159 Å². The summed E-state index contributed by atoms with van der Waals surface area (Å²) in [7, 11) is 0. The number of thiazole rings is 1. The Balaban J connectivity index is 1.76. The molecule has 2 aromatic heterocycles. The molecule has 26 heavy (non-hydrogen) atoms. The van der Waals surface area contributed by atoms with E-state index in [1.807, 2.05) is 43.5 Å². The molecule has 0 aliphatic heterocycles. The molecule has 0 atom stereocenters. The van der Waals surface area contributed by atoms with Crippen LogP contribution in [0.25, 0.3) is 10.2 Å². The number of carbonyl (C=O) groups is 2. The number of fused-ring (bicyclic) bond motifs is 1. The monoisotopic (exact) mass is 389 g/mol. The van der Waals surface area contributed by atoms with E-state index in [2.05, 4.69) is 15.6 Å². The van der Waals surface area contributed by atoms with Gasteiger partial charge in [-0.25, -0.2) is 9.78 Å². The van der Waals surface area contributed by atoms with Gasteiger partial charge in [0.25, 0.3) is 0 Å². The molecular weight excluding hydrogens is 370 g/mol. The van der Waals surface area contributed by atoms with E-state index in [4.69, 9.17) is 4.74 Å². The number of thiophene rings is 1. The van der Waals surface area contributed by atoms with Gasteiger partial charge >= 0.3 is 6.09 Å². The number of aromatic nitrogens is 1. The molecule has 0 aliphatic rings. The van der Waals surface area contributed by atoms with Crippen molar-refractivity contribution in [2.75, 3.05) is 17.2 Å². The molecule has 0 radical (unpaired) electrons. The van der Waals surface area contributed by atoms with E-state index in [0.717, 1.165) is 15.1 Å². The summed E-state index contributed by atoms with van der Waals surface area (Å²) < 4.78 is 5.72. The summed E-state index contributed by atoms with van der Waals surface area (Å²) in [5.74, 6) is -0.0753. The molecule has 2 N–H and O–H groups in total. The number of benzene rings is 1. The number of hydrogen-bond acceptors (Lipinski definition) is 6. The van der Waals surface area contributed by atoms with E-state index in [1.165, 1.54) is 11.3 Å². The van der Waals surface area contributed by atoms with Crippen molar-refractivity contribution in [3.8, 4) is 0 Å². The number of carbonyl (C=O) groups excluding carboxylic acids is 2. The minimum Gasteiger partial charge on any atom is -0.450 e. The average molecular weight is 390 g/mol. The van der Waals surface area contributed by atoms with Crippen LogP contribution in [0.3, 0.4) is 0 Å². The number of amides is 2. The summed E-state index contributed by atoms with van der Waals surface area (Å²) in [5.41, 5.74) is 0.823. The minimum atomic E-state index is -0.618. The highest BCUT2D eigenvalue weighted by Crippen LogP contribution is 2.31. The molecule has 1 aromatic carbocycles. The summed E-state index contributed by atoms with van der Waals surface area (Å²) in [4.78, 5) is 29.6. The van der Waals surface area contributed by atoms with Crippen molar-refractivity contribution in [3.63, 3.8) is 0 Å². The molecule has 0 aliphatic carbocycles. The van der Waals surface area contributed by atoms with E-state index >= 15 is 0 Å². The maximum absolute atomic E-state index is 12.7. The lowest BCUT2D eigenvalue weighted by atomic mass is 9.90. The first-order valence-electron chi connectivity index (χ1n) is 8.10. The van der Waals surface area contributed by atoms with E-state index in [1.54, 1.807) is 24.3 Å². The van der Waals surface area contributed by atoms with Gasteiger partial charge in [-0.1, -0.05) is 17.4 Å². The average Bonchev–Trinajstić information content (AvgIpc) is 3.23. The third kappa shape index (κ3) is 3.86. The summed E-state index contributed by atoms with van der Waals surface area (Å²) in [6.45, 7) is 5.85. The van der Waals surface area contributed by atoms with E-state index in [-0.39, 0.29) is 5.91 Å². The second-order valence-corrected chi connectivity index (χ2v) is 8.08. The fourth-order valence-electron chi connectivity index (χ4n) is 2.34. The molecule has 2 amide bonds. The highest BCUT2D eigenvalue weighted by Gasteiger charge is 2.30. The zero-order valence-electron chi connectivity index (χ0n) is 14.7. The summed E-state index contributed by atoms with van der Waals surface area (Å²) >= 11 is 2.89. The lowest BCUT2D eigenvalue weighted by Gasteiger charge is -2.22. The van der Waals surface area contributed by atoms with Crippen LogP contribution in [0.15, 0.2) is 35.7 Å². The maximum Gasteiger partial charge on any atom is 0.413 e. The van der Waals surface area contributed by atoms with Gasteiger partial charge in [0.15, 0.2) is 5.13 Å². The summed E-state index contributed by atoms with van der Waals surface area (Å²) in [6.07, 6.45) is -0.530. The quantitative estimate of drug-likeness (QED) is 0.654. The van der Waals surface area contributed by atoms with E-state index < -0.39 is 11.5 Å². The van der Waals surface area contributed by atoms with Crippen molar-refractivity contribution in [1.29, 1.82) is 0 Å². The fraction of sp³-hybridized carbons (Fsp3) is 0.278. The van der Waals surface area contributed by atoms with Gasteiger partial charge in [-0.2, -0.15) is 0 Å². The van der Waals surface area contributed by atoms with Gasteiger partial charge in [0, 0.05) is 10.6 Å². The molecule has 8 heteroatoms. The zero-order chi connectivity index (χ0) is 18.7. The van der Waals surface area contributed by atoms with Crippen LogP contribution in [-0.2, 0) is 14.9 Å². The standard InChI is InChI=1S/C18H19N3O3S2/c1-4-24-17(23)21-16-20-12-8-7-11(10-13(12)26-16)19-15(22)18(2,3)14-6-5-9-25-14/h5-10H,4H2,1-3H3,(H,19,22)(H,20,21,23). The van der Waals surface area contributed by atoms with Crippen molar-refractivity contribution >= 4 is 55.7 Å². The van der Waals surface area contributed by atoms with Gasteiger partial charge in [0.05, 0.1) is 22.2 Å². The first kappa shape index (κ1) is 18.3. The Morgan fingerprint density at radius 3 is 2.73 bits per heavy atom. The smallest absolute Gasteiger partial charge is 0.413 e. The highest BCUT2D eigenvalue weighted by atomic mass is 32.1. The number of ether oxygens (including phenoxy) is 1. The van der Waals surface area contributed by atoms with Gasteiger partial charge in [0.1, 0.15) is 0 Å². The molecule has 0 bridgehead atoms. The Morgan fingerprint density at radius 1 is 1.23 bits per heavy atom. The molecule has 0 fully saturated rings. The second kappa shape index (κ2) is 7.43. The molecular formula is C18H19N3O3S2. The Bertz CT molecular complexity index is 932. The predicted molar refractivity (Wildman–Crippen MR) is 106 cm³/mol. The van der Waals surface area contributed by atoms with Crippen LogP contribution >= 0.6 is 22.7 Å². The van der Waals surface area contributed by atoms with Gasteiger partial charge in [0.2, 0.25) is 5.91 Å². The van der Waals surface area contributed by atoms with Gasteiger partial charge in [-0.3, -0.25) is 10.1 Å². The van der Waals surface area contributed by atoms with Crippen LogP contribution in [0.4, 0.5) is 15.6 Å². The number of rotatable bonds is 5. The van der Waals surface area contributed by atoms with Crippen molar-refractivity contribution in [3.05, 3.63) is 40.6 Å². The molecule has 2 heterocycles. The number of nitrogens with one attached hydrogen (secondary N) is 2. The topological polar surface area (TPSA) is 80.3 Å². The molecule has 3 rings (SSSR count). The van der Waals surface area contributed by atoms with Crippen LogP contribution in [0.1, 0.15) is 25.6 Å². The minimum absolute atomic E-state index is 0.0753. The number of anilines is 2. The molecule has 136 valence electrons. The molecule has 0 saturated heterocycles.